The summed E-state index contributed by atoms with van der Waals surface area (Å²) in [6.45, 7) is 2.59. The molecule has 2 rings (SSSR count). The van der Waals surface area contributed by atoms with Crippen LogP contribution in [0.25, 0.3) is 0 Å². The van der Waals surface area contributed by atoms with E-state index in [1.165, 1.54) is 0 Å². The van der Waals surface area contributed by atoms with Gasteiger partial charge in [0.25, 0.3) is 0 Å². The zero-order valence-corrected chi connectivity index (χ0v) is 11.8. The SMILES string of the molecule is CCC(=O)c1ccc(NCc2cccc(OC)c2)cc1. The van der Waals surface area contributed by atoms with Gasteiger partial charge in [0.2, 0.25) is 0 Å². The smallest absolute Gasteiger partial charge is 0.162 e. The summed E-state index contributed by atoms with van der Waals surface area (Å²) in [7, 11) is 1.66. The van der Waals surface area contributed by atoms with Crippen molar-refractivity contribution in [2.24, 2.45) is 0 Å². The molecule has 1 N–H and O–H groups in total. The Morgan fingerprint density at radius 1 is 1.15 bits per heavy atom. The van der Waals surface area contributed by atoms with Crippen molar-refractivity contribution in [1.82, 2.24) is 0 Å². The Morgan fingerprint density at radius 3 is 2.55 bits per heavy atom. The molecular formula is C17H19NO2. The summed E-state index contributed by atoms with van der Waals surface area (Å²) in [4.78, 5) is 11.5. The maximum Gasteiger partial charge on any atom is 0.162 e. The normalized spacial score (nSPS) is 10.1. The Kier molecular flexibility index (Phi) is 4.77. The number of rotatable bonds is 6. The summed E-state index contributed by atoms with van der Waals surface area (Å²) >= 11 is 0. The van der Waals surface area contributed by atoms with Gasteiger partial charge in [0.1, 0.15) is 5.75 Å². The number of ketones is 1. The minimum atomic E-state index is 0.171. The standard InChI is InChI=1S/C17H19NO2/c1-3-17(19)14-7-9-15(10-8-14)18-12-13-5-4-6-16(11-13)20-2/h4-11,18H,3,12H2,1-2H3. The molecule has 2 aromatic rings. The van der Waals surface area contributed by atoms with E-state index in [2.05, 4.69) is 5.32 Å². The zero-order valence-electron chi connectivity index (χ0n) is 11.8. The summed E-state index contributed by atoms with van der Waals surface area (Å²) in [5, 5.41) is 3.33. The van der Waals surface area contributed by atoms with Gasteiger partial charge in [-0.05, 0) is 42.0 Å². The first kappa shape index (κ1) is 14.1. The Hall–Kier alpha value is -2.29. The summed E-state index contributed by atoms with van der Waals surface area (Å²) in [5.41, 5.74) is 2.91. The molecule has 0 fully saturated rings. The maximum absolute atomic E-state index is 11.5. The van der Waals surface area contributed by atoms with Gasteiger partial charge >= 0.3 is 0 Å². The van der Waals surface area contributed by atoms with Crippen LogP contribution in [-0.4, -0.2) is 12.9 Å². The van der Waals surface area contributed by atoms with Crippen LogP contribution in [0.1, 0.15) is 29.3 Å². The summed E-state index contributed by atoms with van der Waals surface area (Å²) in [5.74, 6) is 1.03. The maximum atomic E-state index is 11.5. The number of hydrogen-bond donors (Lipinski definition) is 1. The van der Waals surface area contributed by atoms with Crippen LogP contribution >= 0.6 is 0 Å². The number of hydrogen-bond acceptors (Lipinski definition) is 3. The van der Waals surface area contributed by atoms with E-state index in [0.717, 1.165) is 29.1 Å². The van der Waals surface area contributed by atoms with Crippen LogP contribution in [0, 0.1) is 0 Å². The topological polar surface area (TPSA) is 38.3 Å². The van der Waals surface area contributed by atoms with Crippen molar-refractivity contribution in [1.29, 1.82) is 0 Å². The lowest BCUT2D eigenvalue weighted by molar-refractivity contribution is 0.0988. The van der Waals surface area contributed by atoms with Crippen LogP contribution in [-0.2, 0) is 6.54 Å². The Bertz CT molecular complexity index is 576. The fraction of sp³-hybridized carbons (Fsp3) is 0.235. The van der Waals surface area contributed by atoms with Crippen molar-refractivity contribution in [3.05, 3.63) is 59.7 Å². The number of anilines is 1. The Morgan fingerprint density at radius 2 is 1.90 bits per heavy atom. The molecule has 2 aromatic carbocycles. The second kappa shape index (κ2) is 6.75. The van der Waals surface area contributed by atoms with Crippen molar-refractivity contribution < 1.29 is 9.53 Å². The summed E-state index contributed by atoms with van der Waals surface area (Å²) < 4.78 is 5.20. The van der Waals surface area contributed by atoms with Crippen molar-refractivity contribution in [3.8, 4) is 5.75 Å². The van der Waals surface area contributed by atoms with E-state index in [9.17, 15) is 4.79 Å². The molecular weight excluding hydrogens is 250 g/mol. The molecule has 20 heavy (non-hydrogen) atoms. The minimum absolute atomic E-state index is 0.171. The lowest BCUT2D eigenvalue weighted by atomic mass is 10.1. The lowest BCUT2D eigenvalue weighted by Gasteiger charge is -2.08. The Labute approximate surface area is 119 Å². The number of carbonyl (C=O) groups is 1. The van der Waals surface area contributed by atoms with Gasteiger partial charge in [-0.2, -0.15) is 0 Å². The molecule has 0 radical (unpaired) electrons. The van der Waals surface area contributed by atoms with E-state index >= 15 is 0 Å². The molecule has 0 unspecified atom stereocenters. The van der Waals surface area contributed by atoms with E-state index in [4.69, 9.17) is 4.74 Å². The summed E-state index contributed by atoms with van der Waals surface area (Å²) in [6.07, 6.45) is 0.538. The number of ether oxygens (including phenoxy) is 1. The monoisotopic (exact) mass is 269 g/mol. The van der Waals surface area contributed by atoms with Gasteiger partial charge in [-0.15, -0.1) is 0 Å². The van der Waals surface area contributed by atoms with E-state index in [-0.39, 0.29) is 5.78 Å². The van der Waals surface area contributed by atoms with Gasteiger partial charge in [0, 0.05) is 24.2 Å². The second-order valence-electron chi connectivity index (χ2n) is 4.56. The molecule has 0 bridgehead atoms. The molecule has 0 atom stereocenters. The number of Topliss-reactive ketones (excluding diaryl/α,β-unsaturated/α-hetero) is 1. The van der Waals surface area contributed by atoms with Crippen molar-refractivity contribution >= 4 is 11.5 Å². The van der Waals surface area contributed by atoms with E-state index < -0.39 is 0 Å². The van der Waals surface area contributed by atoms with Gasteiger partial charge in [-0.25, -0.2) is 0 Å². The molecule has 0 aliphatic carbocycles. The second-order valence-corrected chi connectivity index (χ2v) is 4.56. The van der Waals surface area contributed by atoms with Crippen LogP contribution in [0.2, 0.25) is 0 Å². The molecule has 3 nitrogen and oxygen atoms in total. The number of nitrogens with one attached hydrogen (secondary N) is 1. The largest absolute Gasteiger partial charge is 0.497 e. The first-order valence-electron chi connectivity index (χ1n) is 6.73. The van der Waals surface area contributed by atoms with Gasteiger partial charge in [-0.3, -0.25) is 4.79 Å². The highest BCUT2D eigenvalue weighted by molar-refractivity contribution is 5.96. The van der Waals surface area contributed by atoms with Gasteiger partial charge < -0.3 is 10.1 Å². The fourth-order valence-electron chi connectivity index (χ4n) is 1.96. The third kappa shape index (κ3) is 3.60. The first-order valence-corrected chi connectivity index (χ1v) is 6.73. The molecule has 104 valence electrons. The highest BCUT2D eigenvalue weighted by Crippen LogP contribution is 2.15. The number of methoxy groups -OCH3 is 1. The van der Waals surface area contributed by atoms with Gasteiger partial charge in [0.15, 0.2) is 5.78 Å². The van der Waals surface area contributed by atoms with E-state index in [1.807, 2.05) is 55.5 Å². The van der Waals surface area contributed by atoms with Crippen LogP contribution < -0.4 is 10.1 Å². The predicted octanol–water partition coefficient (Wildman–Crippen LogP) is 3.90. The van der Waals surface area contributed by atoms with Gasteiger partial charge in [0.05, 0.1) is 7.11 Å². The summed E-state index contributed by atoms with van der Waals surface area (Å²) in [6, 6.07) is 15.5. The molecule has 0 saturated carbocycles. The molecule has 0 aliphatic rings. The first-order chi connectivity index (χ1) is 9.72. The average Bonchev–Trinajstić information content (AvgIpc) is 2.53. The molecule has 0 heterocycles. The van der Waals surface area contributed by atoms with Crippen molar-refractivity contribution in [3.63, 3.8) is 0 Å². The molecule has 0 aromatic heterocycles. The highest BCUT2D eigenvalue weighted by Gasteiger charge is 2.02. The minimum Gasteiger partial charge on any atom is -0.497 e. The van der Waals surface area contributed by atoms with E-state index in [1.54, 1.807) is 7.11 Å². The lowest BCUT2D eigenvalue weighted by Crippen LogP contribution is -2.01. The molecule has 0 aliphatic heterocycles. The van der Waals surface area contributed by atoms with Crippen LogP contribution in [0.5, 0.6) is 5.75 Å². The van der Waals surface area contributed by atoms with Gasteiger partial charge in [-0.1, -0.05) is 19.1 Å². The zero-order chi connectivity index (χ0) is 14.4. The van der Waals surface area contributed by atoms with Crippen LogP contribution in [0.3, 0.4) is 0 Å². The Balaban J connectivity index is 1.98. The van der Waals surface area contributed by atoms with Crippen LogP contribution in [0.4, 0.5) is 5.69 Å². The predicted molar refractivity (Wildman–Crippen MR) is 81.4 cm³/mol. The van der Waals surface area contributed by atoms with Crippen molar-refractivity contribution in [2.45, 2.75) is 19.9 Å². The molecule has 0 saturated heterocycles. The highest BCUT2D eigenvalue weighted by atomic mass is 16.5. The molecule has 0 amide bonds. The average molecular weight is 269 g/mol. The number of carbonyl (C=O) groups excluding carboxylic acids is 1. The third-order valence-corrected chi connectivity index (χ3v) is 3.16. The van der Waals surface area contributed by atoms with E-state index in [0.29, 0.717) is 6.42 Å². The quantitative estimate of drug-likeness (QED) is 0.808. The fourth-order valence-corrected chi connectivity index (χ4v) is 1.96. The third-order valence-electron chi connectivity index (χ3n) is 3.16. The van der Waals surface area contributed by atoms with Crippen molar-refractivity contribution in [2.75, 3.05) is 12.4 Å². The molecule has 0 spiro atoms. The molecule has 3 heteroatoms. The van der Waals surface area contributed by atoms with Crippen LogP contribution in [0.15, 0.2) is 48.5 Å². The number of benzene rings is 2.